The zero-order valence-electron chi connectivity index (χ0n) is 15.3. The van der Waals surface area contributed by atoms with Gasteiger partial charge in [-0.15, -0.1) is 0 Å². The highest BCUT2D eigenvalue weighted by molar-refractivity contribution is 5.77. The Labute approximate surface area is 145 Å². The highest BCUT2D eigenvalue weighted by Crippen LogP contribution is 2.32. The van der Waals surface area contributed by atoms with Gasteiger partial charge in [0.15, 0.2) is 0 Å². The first-order chi connectivity index (χ1) is 11.4. The smallest absolute Gasteiger partial charge is 0.246 e. The Morgan fingerprint density at radius 3 is 2.71 bits per heavy atom. The maximum Gasteiger partial charge on any atom is 0.246 e. The van der Waals surface area contributed by atoms with E-state index in [1.807, 2.05) is 6.20 Å². The Hall–Kier alpha value is -1.36. The van der Waals surface area contributed by atoms with Crippen molar-refractivity contribution in [1.82, 2.24) is 15.1 Å². The van der Waals surface area contributed by atoms with Crippen molar-refractivity contribution in [1.29, 1.82) is 0 Å². The van der Waals surface area contributed by atoms with Crippen LogP contribution >= 0.6 is 0 Å². The number of nitrogens with zero attached hydrogens (tertiary/aromatic N) is 2. The zero-order chi connectivity index (χ0) is 17.2. The molecule has 1 N–H and O–H groups in total. The lowest BCUT2D eigenvalue weighted by atomic mass is 9.92. The second-order valence-electron chi connectivity index (χ2n) is 8.21. The number of fused-ring (bicyclic) bond motifs is 1. The molecule has 1 heterocycles. The molecule has 3 rings (SSSR count). The minimum atomic E-state index is -0.0242. The van der Waals surface area contributed by atoms with E-state index in [0.29, 0.717) is 0 Å². The van der Waals surface area contributed by atoms with Crippen LogP contribution in [0, 0.1) is 0 Å². The Kier molecular flexibility index (Phi) is 5.28. The highest BCUT2D eigenvalue weighted by Gasteiger charge is 2.29. The number of amides is 1. The Morgan fingerprint density at radius 1 is 1.25 bits per heavy atom. The molecule has 0 aromatic carbocycles. The number of nitrogens with one attached hydrogen (secondary N) is 1. The minimum absolute atomic E-state index is 0.00179. The molecule has 1 amide bonds. The maximum atomic E-state index is 12.3. The van der Waals surface area contributed by atoms with Crippen LogP contribution in [0.4, 0.5) is 0 Å². The van der Waals surface area contributed by atoms with E-state index in [0.717, 1.165) is 32.1 Å². The average molecular weight is 333 g/mol. The summed E-state index contributed by atoms with van der Waals surface area (Å²) in [6.45, 7) is 6.69. The molecular formula is C19H31N3O2. The van der Waals surface area contributed by atoms with E-state index in [1.165, 1.54) is 30.5 Å². The van der Waals surface area contributed by atoms with E-state index >= 15 is 0 Å². The molecule has 5 nitrogen and oxygen atoms in total. The zero-order valence-corrected chi connectivity index (χ0v) is 15.3. The summed E-state index contributed by atoms with van der Waals surface area (Å²) in [6.07, 6.45) is 11.3. The molecule has 1 aromatic rings. The van der Waals surface area contributed by atoms with Gasteiger partial charge in [-0.1, -0.05) is 19.3 Å². The van der Waals surface area contributed by atoms with Gasteiger partial charge < -0.3 is 10.1 Å². The molecule has 0 spiro atoms. The standard InChI is InChI=1S/C19H31N3O2/c1-19(2,3)22-17-11-7-10-16(15(17)12-20-22)21-18(23)13-24-14-8-5-4-6-9-14/h12,14,16H,4-11,13H2,1-3H3,(H,21,23)/t16-/m1/s1. The van der Waals surface area contributed by atoms with Crippen molar-refractivity contribution < 1.29 is 9.53 Å². The molecule has 134 valence electrons. The summed E-state index contributed by atoms with van der Waals surface area (Å²) in [6, 6.07) is 0.0762. The summed E-state index contributed by atoms with van der Waals surface area (Å²) in [7, 11) is 0. The molecule has 1 atom stereocenters. The van der Waals surface area contributed by atoms with Crippen LogP contribution in [0.2, 0.25) is 0 Å². The fourth-order valence-electron chi connectivity index (χ4n) is 3.95. The molecule has 2 aliphatic carbocycles. The number of aromatic nitrogens is 2. The van der Waals surface area contributed by atoms with Gasteiger partial charge in [0, 0.05) is 11.3 Å². The second kappa shape index (κ2) is 7.26. The van der Waals surface area contributed by atoms with Crippen LogP contribution < -0.4 is 5.32 Å². The Morgan fingerprint density at radius 2 is 2.00 bits per heavy atom. The molecule has 0 saturated heterocycles. The van der Waals surface area contributed by atoms with E-state index in [4.69, 9.17) is 4.74 Å². The van der Waals surface area contributed by atoms with Gasteiger partial charge in [0.2, 0.25) is 5.91 Å². The molecule has 0 radical (unpaired) electrons. The van der Waals surface area contributed by atoms with E-state index in [9.17, 15) is 4.79 Å². The molecular weight excluding hydrogens is 302 g/mol. The maximum absolute atomic E-state index is 12.3. The number of rotatable bonds is 4. The van der Waals surface area contributed by atoms with Crippen LogP contribution in [0.5, 0.6) is 0 Å². The minimum Gasteiger partial charge on any atom is -0.368 e. The third-order valence-electron chi connectivity index (χ3n) is 5.16. The van der Waals surface area contributed by atoms with Crippen molar-refractivity contribution in [3.05, 3.63) is 17.5 Å². The monoisotopic (exact) mass is 333 g/mol. The molecule has 1 fully saturated rings. The van der Waals surface area contributed by atoms with Crippen molar-refractivity contribution >= 4 is 5.91 Å². The number of hydrogen-bond donors (Lipinski definition) is 1. The van der Waals surface area contributed by atoms with Crippen LogP contribution in [-0.4, -0.2) is 28.4 Å². The van der Waals surface area contributed by atoms with Crippen LogP contribution in [0.15, 0.2) is 6.20 Å². The van der Waals surface area contributed by atoms with Gasteiger partial charge in [-0.05, 0) is 52.9 Å². The van der Waals surface area contributed by atoms with Crippen molar-refractivity contribution in [3.8, 4) is 0 Å². The van der Waals surface area contributed by atoms with Crippen molar-refractivity contribution in [2.24, 2.45) is 0 Å². The first-order valence-electron chi connectivity index (χ1n) is 9.43. The summed E-state index contributed by atoms with van der Waals surface area (Å²) in [5.41, 5.74) is 2.43. The molecule has 24 heavy (non-hydrogen) atoms. The van der Waals surface area contributed by atoms with E-state index in [-0.39, 0.29) is 30.2 Å². The molecule has 2 aliphatic rings. The van der Waals surface area contributed by atoms with E-state index < -0.39 is 0 Å². The summed E-state index contributed by atoms with van der Waals surface area (Å²) >= 11 is 0. The summed E-state index contributed by atoms with van der Waals surface area (Å²) in [4.78, 5) is 12.3. The van der Waals surface area contributed by atoms with Gasteiger partial charge in [-0.25, -0.2) is 0 Å². The number of hydrogen-bond acceptors (Lipinski definition) is 3. The van der Waals surface area contributed by atoms with Crippen LogP contribution in [0.1, 0.15) is 83.0 Å². The van der Waals surface area contributed by atoms with E-state index in [2.05, 4.69) is 35.9 Å². The SMILES string of the molecule is CC(C)(C)n1ncc2c1CCC[C@H]2NC(=O)COC1CCCCC1. The van der Waals surface area contributed by atoms with Gasteiger partial charge in [-0.3, -0.25) is 9.48 Å². The van der Waals surface area contributed by atoms with Crippen LogP contribution in [-0.2, 0) is 21.5 Å². The molecule has 0 bridgehead atoms. The number of ether oxygens (including phenoxy) is 1. The molecule has 0 unspecified atom stereocenters. The van der Waals surface area contributed by atoms with Gasteiger partial charge in [0.05, 0.1) is 23.9 Å². The predicted molar refractivity (Wildman–Crippen MR) is 93.9 cm³/mol. The summed E-state index contributed by atoms with van der Waals surface area (Å²) in [5, 5.41) is 7.74. The number of carbonyl (C=O) groups is 1. The largest absolute Gasteiger partial charge is 0.368 e. The first-order valence-corrected chi connectivity index (χ1v) is 9.43. The number of carbonyl (C=O) groups excluding carboxylic acids is 1. The summed E-state index contributed by atoms with van der Waals surface area (Å²) < 4.78 is 7.91. The Balaban J connectivity index is 1.58. The van der Waals surface area contributed by atoms with Crippen molar-refractivity contribution in [3.63, 3.8) is 0 Å². The molecule has 1 saturated carbocycles. The fourth-order valence-corrected chi connectivity index (χ4v) is 3.95. The summed E-state index contributed by atoms with van der Waals surface area (Å²) in [5.74, 6) is 0.00179. The lowest BCUT2D eigenvalue weighted by molar-refractivity contribution is -0.129. The van der Waals surface area contributed by atoms with Gasteiger partial charge in [0.25, 0.3) is 0 Å². The van der Waals surface area contributed by atoms with Gasteiger partial charge >= 0.3 is 0 Å². The topological polar surface area (TPSA) is 56.2 Å². The molecule has 0 aliphatic heterocycles. The van der Waals surface area contributed by atoms with Crippen LogP contribution in [0.25, 0.3) is 0 Å². The van der Waals surface area contributed by atoms with Gasteiger partial charge in [0.1, 0.15) is 6.61 Å². The highest BCUT2D eigenvalue weighted by atomic mass is 16.5. The van der Waals surface area contributed by atoms with Crippen LogP contribution in [0.3, 0.4) is 0 Å². The van der Waals surface area contributed by atoms with Gasteiger partial charge in [-0.2, -0.15) is 5.10 Å². The fraction of sp³-hybridized carbons (Fsp3) is 0.789. The third-order valence-corrected chi connectivity index (χ3v) is 5.16. The normalized spacial score (nSPS) is 22.2. The predicted octanol–water partition coefficient (Wildman–Crippen LogP) is 3.48. The van der Waals surface area contributed by atoms with E-state index in [1.54, 1.807) is 0 Å². The van der Waals surface area contributed by atoms with Crippen molar-refractivity contribution in [2.75, 3.05) is 6.61 Å². The molecule has 5 heteroatoms. The third kappa shape index (κ3) is 4.00. The first kappa shape index (κ1) is 17.5. The average Bonchev–Trinajstić information content (AvgIpc) is 2.99. The van der Waals surface area contributed by atoms with Crippen molar-refractivity contribution in [2.45, 2.75) is 89.8 Å². The lowest BCUT2D eigenvalue weighted by Gasteiger charge is -2.28. The second-order valence-corrected chi connectivity index (χ2v) is 8.21. The quantitative estimate of drug-likeness (QED) is 0.918. The Bertz CT molecular complexity index is 568. The molecule has 1 aromatic heterocycles. The lowest BCUT2D eigenvalue weighted by Crippen LogP contribution is -2.35.